The Labute approximate surface area is 113 Å². The fourth-order valence-electron chi connectivity index (χ4n) is 2.06. The van der Waals surface area contributed by atoms with Gasteiger partial charge in [-0.25, -0.2) is 0 Å². The van der Waals surface area contributed by atoms with E-state index in [-0.39, 0.29) is 6.42 Å². The second kappa shape index (κ2) is 8.94. The maximum Gasteiger partial charge on any atom is 0.389 e. The third-order valence-corrected chi connectivity index (χ3v) is 3.12. The van der Waals surface area contributed by atoms with E-state index in [1.807, 2.05) is 18.2 Å². The van der Waals surface area contributed by atoms with Gasteiger partial charge in [-0.3, -0.25) is 4.98 Å². The Morgan fingerprint density at radius 3 is 2.05 bits per heavy atom. The van der Waals surface area contributed by atoms with Crippen molar-refractivity contribution in [3.8, 4) is 0 Å². The van der Waals surface area contributed by atoms with Crippen LogP contribution in [-0.2, 0) is 6.42 Å². The first-order valence-electron chi connectivity index (χ1n) is 7.04. The molecular formula is C15H22F3N. The lowest BCUT2D eigenvalue weighted by atomic mass is 10.1. The van der Waals surface area contributed by atoms with Gasteiger partial charge >= 0.3 is 6.18 Å². The van der Waals surface area contributed by atoms with Crippen LogP contribution in [0.2, 0.25) is 0 Å². The lowest BCUT2D eigenvalue weighted by Crippen LogP contribution is -2.06. The van der Waals surface area contributed by atoms with E-state index >= 15 is 0 Å². The van der Waals surface area contributed by atoms with Crippen molar-refractivity contribution < 1.29 is 13.2 Å². The van der Waals surface area contributed by atoms with Crippen molar-refractivity contribution in [3.63, 3.8) is 0 Å². The maximum atomic E-state index is 11.9. The van der Waals surface area contributed by atoms with Crippen LogP contribution in [0.25, 0.3) is 0 Å². The number of unbranched alkanes of at least 4 members (excludes halogenated alkanes) is 6. The highest BCUT2D eigenvalue weighted by atomic mass is 19.4. The van der Waals surface area contributed by atoms with Crippen molar-refractivity contribution >= 4 is 0 Å². The Bertz CT molecular complexity index is 322. The Hall–Kier alpha value is -1.06. The van der Waals surface area contributed by atoms with Crippen LogP contribution in [0.3, 0.4) is 0 Å². The molecule has 1 aromatic heterocycles. The molecule has 0 spiro atoms. The van der Waals surface area contributed by atoms with Gasteiger partial charge in [-0.05, 0) is 31.4 Å². The van der Waals surface area contributed by atoms with Crippen LogP contribution in [0.4, 0.5) is 13.2 Å². The summed E-state index contributed by atoms with van der Waals surface area (Å²) in [6.45, 7) is 0. The third-order valence-electron chi connectivity index (χ3n) is 3.12. The van der Waals surface area contributed by atoms with E-state index in [4.69, 9.17) is 0 Å². The summed E-state index contributed by atoms with van der Waals surface area (Å²) < 4.78 is 35.7. The van der Waals surface area contributed by atoms with E-state index < -0.39 is 12.6 Å². The highest BCUT2D eigenvalue weighted by molar-refractivity contribution is 5.03. The number of aromatic nitrogens is 1. The summed E-state index contributed by atoms with van der Waals surface area (Å²) in [4.78, 5) is 4.25. The summed E-state index contributed by atoms with van der Waals surface area (Å²) in [5, 5.41) is 0. The lowest BCUT2D eigenvalue weighted by molar-refractivity contribution is -0.135. The van der Waals surface area contributed by atoms with Crippen LogP contribution in [0, 0.1) is 0 Å². The van der Waals surface area contributed by atoms with Gasteiger partial charge in [0.2, 0.25) is 0 Å². The number of aryl methyl sites for hydroxylation is 1. The number of hydrogen-bond acceptors (Lipinski definition) is 1. The zero-order chi connectivity index (χ0) is 14.0. The van der Waals surface area contributed by atoms with Crippen LogP contribution in [0.15, 0.2) is 24.4 Å². The first kappa shape index (κ1) is 16.0. The molecule has 19 heavy (non-hydrogen) atoms. The quantitative estimate of drug-likeness (QED) is 0.556. The Balaban J connectivity index is 1.87. The van der Waals surface area contributed by atoms with Crippen molar-refractivity contribution in [2.24, 2.45) is 0 Å². The SMILES string of the molecule is FC(F)(F)CCCCCCCCCc1ccccn1. The molecule has 1 nitrogen and oxygen atoms in total. The summed E-state index contributed by atoms with van der Waals surface area (Å²) in [6, 6.07) is 5.92. The van der Waals surface area contributed by atoms with E-state index in [1.165, 1.54) is 0 Å². The monoisotopic (exact) mass is 273 g/mol. The van der Waals surface area contributed by atoms with Gasteiger partial charge in [-0.2, -0.15) is 13.2 Å². The van der Waals surface area contributed by atoms with Gasteiger partial charge in [0.1, 0.15) is 0 Å². The maximum absolute atomic E-state index is 11.9. The zero-order valence-corrected chi connectivity index (χ0v) is 11.3. The third kappa shape index (κ3) is 9.51. The van der Waals surface area contributed by atoms with Crippen LogP contribution < -0.4 is 0 Å². The highest BCUT2D eigenvalue weighted by Gasteiger charge is 2.25. The smallest absolute Gasteiger partial charge is 0.261 e. The molecule has 0 aliphatic rings. The van der Waals surface area contributed by atoms with Crippen molar-refractivity contribution in [1.29, 1.82) is 0 Å². The largest absolute Gasteiger partial charge is 0.389 e. The minimum absolute atomic E-state index is 0.275. The number of hydrogen-bond donors (Lipinski definition) is 0. The van der Waals surface area contributed by atoms with Gasteiger partial charge in [0.15, 0.2) is 0 Å². The molecular weight excluding hydrogens is 251 g/mol. The molecule has 0 amide bonds. The van der Waals surface area contributed by atoms with Gasteiger partial charge in [0.25, 0.3) is 0 Å². The van der Waals surface area contributed by atoms with E-state index in [1.54, 1.807) is 6.20 Å². The molecule has 108 valence electrons. The first-order valence-corrected chi connectivity index (χ1v) is 7.04. The molecule has 0 saturated heterocycles. The standard InChI is InChI=1S/C15H22F3N/c16-15(17,18)12-8-5-3-1-2-4-6-10-14-11-7-9-13-19-14/h7,9,11,13H,1-6,8,10,12H2. The topological polar surface area (TPSA) is 12.9 Å². The molecule has 0 saturated carbocycles. The number of rotatable bonds is 9. The van der Waals surface area contributed by atoms with E-state index in [0.29, 0.717) is 6.42 Å². The molecule has 0 aliphatic carbocycles. The fourth-order valence-corrected chi connectivity index (χ4v) is 2.06. The van der Waals surface area contributed by atoms with Gasteiger partial charge in [-0.1, -0.05) is 38.2 Å². The summed E-state index contributed by atoms with van der Waals surface area (Å²) in [7, 11) is 0. The average molecular weight is 273 g/mol. The van der Waals surface area contributed by atoms with Crippen LogP contribution in [0.1, 0.15) is 57.1 Å². The first-order chi connectivity index (χ1) is 9.08. The second-order valence-corrected chi connectivity index (χ2v) is 4.91. The van der Waals surface area contributed by atoms with Crippen molar-refractivity contribution in [1.82, 2.24) is 4.98 Å². The Morgan fingerprint density at radius 1 is 0.842 bits per heavy atom. The van der Waals surface area contributed by atoms with Crippen molar-refractivity contribution in [2.75, 3.05) is 0 Å². The predicted octanol–water partition coefficient (Wildman–Crippen LogP) is 5.31. The summed E-state index contributed by atoms with van der Waals surface area (Å²) in [5.74, 6) is 0. The average Bonchev–Trinajstić information content (AvgIpc) is 2.37. The molecule has 0 N–H and O–H groups in total. The molecule has 1 aromatic rings. The van der Waals surface area contributed by atoms with Gasteiger partial charge < -0.3 is 0 Å². The van der Waals surface area contributed by atoms with Crippen molar-refractivity contribution in [2.45, 2.75) is 64.0 Å². The molecule has 0 bridgehead atoms. The molecule has 0 aromatic carbocycles. The zero-order valence-electron chi connectivity index (χ0n) is 11.3. The molecule has 0 unspecified atom stereocenters. The molecule has 4 heteroatoms. The van der Waals surface area contributed by atoms with Gasteiger partial charge in [0, 0.05) is 18.3 Å². The van der Waals surface area contributed by atoms with E-state index in [0.717, 1.165) is 44.2 Å². The number of alkyl halides is 3. The number of pyridine rings is 1. The van der Waals surface area contributed by atoms with Crippen LogP contribution >= 0.6 is 0 Å². The minimum atomic E-state index is -3.98. The van der Waals surface area contributed by atoms with Gasteiger partial charge in [0.05, 0.1) is 0 Å². The second-order valence-electron chi connectivity index (χ2n) is 4.91. The number of nitrogens with zero attached hydrogens (tertiary/aromatic N) is 1. The van der Waals surface area contributed by atoms with Crippen molar-refractivity contribution in [3.05, 3.63) is 30.1 Å². The van der Waals surface area contributed by atoms with E-state index in [2.05, 4.69) is 4.98 Å². The lowest BCUT2D eigenvalue weighted by Gasteiger charge is -2.05. The molecule has 0 fully saturated rings. The molecule has 1 rings (SSSR count). The molecule has 0 aliphatic heterocycles. The molecule has 0 radical (unpaired) electrons. The normalized spacial score (nSPS) is 11.7. The fraction of sp³-hybridized carbons (Fsp3) is 0.667. The van der Waals surface area contributed by atoms with Crippen LogP contribution in [0.5, 0.6) is 0 Å². The summed E-state index contributed by atoms with van der Waals surface area (Å²) >= 11 is 0. The van der Waals surface area contributed by atoms with Gasteiger partial charge in [-0.15, -0.1) is 0 Å². The minimum Gasteiger partial charge on any atom is -0.261 e. The van der Waals surface area contributed by atoms with Crippen LogP contribution in [-0.4, -0.2) is 11.2 Å². The molecule has 0 atom stereocenters. The highest BCUT2D eigenvalue weighted by Crippen LogP contribution is 2.23. The predicted molar refractivity (Wildman–Crippen MR) is 70.9 cm³/mol. The number of halogens is 3. The molecule has 1 heterocycles. The summed E-state index contributed by atoms with van der Waals surface area (Å²) in [5.41, 5.74) is 1.12. The Kier molecular flexibility index (Phi) is 7.53. The Morgan fingerprint density at radius 2 is 1.47 bits per heavy atom. The van der Waals surface area contributed by atoms with E-state index in [9.17, 15) is 13.2 Å². The summed E-state index contributed by atoms with van der Waals surface area (Å²) in [6.07, 6.45) is 4.46.